The summed E-state index contributed by atoms with van der Waals surface area (Å²) in [5.41, 5.74) is 4.62. The van der Waals surface area contributed by atoms with E-state index in [4.69, 9.17) is 4.74 Å². The first-order chi connectivity index (χ1) is 13.9. The molecule has 11 heteroatoms. The SMILES string of the molecule is CCOC(=O)CSc1nnc(NC(=O)CCc2c(C)nc3cc(C)nn3c2C)s1. The molecule has 0 atom stereocenters. The van der Waals surface area contributed by atoms with Gasteiger partial charge in [-0.25, -0.2) is 9.50 Å². The molecular formula is C18H22N6O3S2. The van der Waals surface area contributed by atoms with Gasteiger partial charge in [-0.3, -0.25) is 9.59 Å². The fourth-order valence-electron chi connectivity index (χ4n) is 2.87. The van der Waals surface area contributed by atoms with E-state index < -0.39 is 0 Å². The molecule has 0 saturated heterocycles. The van der Waals surface area contributed by atoms with E-state index in [0.29, 0.717) is 28.9 Å². The predicted octanol–water partition coefficient (Wildman–Crippen LogP) is 2.73. The number of esters is 1. The maximum absolute atomic E-state index is 12.3. The molecule has 0 unspecified atom stereocenters. The highest BCUT2D eigenvalue weighted by Gasteiger charge is 2.14. The van der Waals surface area contributed by atoms with Crippen molar-refractivity contribution in [2.24, 2.45) is 0 Å². The van der Waals surface area contributed by atoms with Crippen LogP contribution in [0.15, 0.2) is 10.4 Å². The highest BCUT2D eigenvalue weighted by atomic mass is 32.2. The second kappa shape index (κ2) is 9.31. The standard InChI is InChI=1S/C18H22N6O3S2/c1-5-27-16(26)9-28-18-22-21-17(29-18)20-15(25)7-6-13-11(3)19-14-8-10(2)23-24(14)12(13)4/h8H,5-7,9H2,1-4H3,(H,20,21,25). The third-order valence-electron chi connectivity index (χ3n) is 4.16. The van der Waals surface area contributed by atoms with Crippen molar-refractivity contribution in [1.82, 2.24) is 24.8 Å². The lowest BCUT2D eigenvalue weighted by Gasteiger charge is -2.10. The Kier molecular flexibility index (Phi) is 6.80. The molecule has 3 heterocycles. The monoisotopic (exact) mass is 434 g/mol. The van der Waals surface area contributed by atoms with Crippen LogP contribution in [0.3, 0.4) is 0 Å². The molecule has 0 aromatic carbocycles. The van der Waals surface area contributed by atoms with Gasteiger partial charge in [0.05, 0.1) is 18.1 Å². The largest absolute Gasteiger partial charge is 0.465 e. The zero-order valence-corrected chi connectivity index (χ0v) is 18.3. The molecule has 1 amide bonds. The first-order valence-corrected chi connectivity index (χ1v) is 10.9. The first-order valence-electron chi connectivity index (χ1n) is 9.11. The second-order valence-corrected chi connectivity index (χ2v) is 8.53. The number of aromatic nitrogens is 5. The van der Waals surface area contributed by atoms with Crippen molar-refractivity contribution in [3.63, 3.8) is 0 Å². The molecular weight excluding hydrogens is 412 g/mol. The summed E-state index contributed by atoms with van der Waals surface area (Å²) in [4.78, 5) is 28.3. The van der Waals surface area contributed by atoms with Crippen LogP contribution in [0.5, 0.6) is 0 Å². The number of hydrogen-bond acceptors (Lipinski definition) is 9. The van der Waals surface area contributed by atoms with Gasteiger partial charge >= 0.3 is 5.97 Å². The minimum Gasteiger partial charge on any atom is -0.465 e. The molecule has 0 radical (unpaired) electrons. The van der Waals surface area contributed by atoms with E-state index >= 15 is 0 Å². The van der Waals surface area contributed by atoms with Gasteiger partial charge in [0.15, 0.2) is 9.99 Å². The van der Waals surface area contributed by atoms with E-state index in [2.05, 4.69) is 25.6 Å². The van der Waals surface area contributed by atoms with Crippen LogP contribution in [0.4, 0.5) is 5.13 Å². The predicted molar refractivity (Wildman–Crippen MR) is 111 cm³/mol. The van der Waals surface area contributed by atoms with Crippen molar-refractivity contribution in [3.05, 3.63) is 28.7 Å². The van der Waals surface area contributed by atoms with Gasteiger partial charge in [-0.2, -0.15) is 5.10 Å². The van der Waals surface area contributed by atoms with Crippen molar-refractivity contribution >= 4 is 45.8 Å². The summed E-state index contributed by atoms with van der Waals surface area (Å²) in [5.74, 6) is -0.294. The third kappa shape index (κ3) is 5.30. The number of amides is 1. The Hall–Kier alpha value is -2.53. The van der Waals surface area contributed by atoms with E-state index in [9.17, 15) is 9.59 Å². The van der Waals surface area contributed by atoms with Crippen LogP contribution < -0.4 is 5.32 Å². The van der Waals surface area contributed by atoms with Crippen LogP contribution in [0.2, 0.25) is 0 Å². The van der Waals surface area contributed by atoms with E-state index in [-0.39, 0.29) is 17.6 Å². The van der Waals surface area contributed by atoms with Crippen LogP contribution >= 0.6 is 23.1 Å². The molecule has 0 aliphatic carbocycles. The molecule has 3 aromatic rings. The molecule has 9 nitrogen and oxygen atoms in total. The topological polar surface area (TPSA) is 111 Å². The third-order valence-corrected chi connectivity index (χ3v) is 6.11. The van der Waals surface area contributed by atoms with Gasteiger partial charge in [-0.15, -0.1) is 10.2 Å². The number of aryl methyl sites for hydroxylation is 3. The molecule has 0 spiro atoms. The number of carbonyl (C=O) groups excluding carboxylic acids is 2. The summed E-state index contributed by atoms with van der Waals surface area (Å²) < 4.78 is 7.29. The Morgan fingerprint density at radius 1 is 1.28 bits per heavy atom. The smallest absolute Gasteiger partial charge is 0.316 e. The molecule has 0 aliphatic heterocycles. The maximum atomic E-state index is 12.3. The van der Waals surface area contributed by atoms with E-state index in [1.54, 1.807) is 6.92 Å². The molecule has 0 fully saturated rings. The Labute approximate surface area is 176 Å². The maximum Gasteiger partial charge on any atom is 0.316 e. The number of thioether (sulfide) groups is 1. The van der Waals surface area contributed by atoms with E-state index in [0.717, 1.165) is 28.3 Å². The zero-order valence-electron chi connectivity index (χ0n) is 16.7. The van der Waals surface area contributed by atoms with Gasteiger partial charge in [0.25, 0.3) is 0 Å². The summed E-state index contributed by atoms with van der Waals surface area (Å²) in [6.07, 6.45) is 0.842. The summed E-state index contributed by atoms with van der Waals surface area (Å²) >= 11 is 2.46. The van der Waals surface area contributed by atoms with Gasteiger partial charge < -0.3 is 10.1 Å². The first kappa shape index (κ1) is 21.2. The summed E-state index contributed by atoms with van der Waals surface area (Å²) in [7, 11) is 0. The molecule has 154 valence electrons. The lowest BCUT2D eigenvalue weighted by molar-refractivity contribution is -0.139. The van der Waals surface area contributed by atoms with Gasteiger partial charge in [-0.1, -0.05) is 23.1 Å². The minimum absolute atomic E-state index is 0.154. The molecule has 3 aromatic heterocycles. The van der Waals surface area contributed by atoms with Gasteiger partial charge in [0.1, 0.15) is 0 Å². The van der Waals surface area contributed by atoms with Crippen LogP contribution in [0, 0.1) is 20.8 Å². The number of fused-ring (bicyclic) bond motifs is 1. The molecule has 3 rings (SSSR count). The highest BCUT2D eigenvalue weighted by molar-refractivity contribution is 8.01. The highest BCUT2D eigenvalue weighted by Crippen LogP contribution is 2.25. The zero-order chi connectivity index (χ0) is 21.0. The average molecular weight is 435 g/mol. The second-order valence-electron chi connectivity index (χ2n) is 6.33. The molecule has 1 N–H and O–H groups in total. The Balaban J connectivity index is 1.57. The molecule has 0 aliphatic rings. The van der Waals surface area contributed by atoms with E-state index in [1.165, 1.54) is 23.1 Å². The number of nitrogens with one attached hydrogen (secondary N) is 1. The fraction of sp³-hybridized carbons (Fsp3) is 0.444. The molecule has 0 bridgehead atoms. The summed E-state index contributed by atoms with van der Waals surface area (Å²) in [5, 5.41) is 15.5. The minimum atomic E-state index is -0.304. The van der Waals surface area contributed by atoms with Crippen molar-refractivity contribution in [2.75, 3.05) is 17.7 Å². The Morgan fingerprint density at radius 2 is 2.07 bits per heavy atom. The van der Waals surface area contributed by atoms with Crippen LogP contribution in [0.1, 0.15) is 36.0 Å². The number of ether oxygens (including phenoxy) is 1. The number of carbonyl (C=O) groups is 2. The number of rotatable bonds is 8. The van der Waals surface area contributed by atoms with Crippen LogP contribution in [0.25, 0.3) is 5.65 Å². The van der Waals surface area contributed by atoms with Crippen LogP contribution in [-0.2, 0) is 20.7 Å². The Morgan fingerprint density at radius 3 is 2.83 bits per heavy atom. The van der Waals surface area contributed by atoms with Crippen molar-refractivity contribution < 1.29 is 14.3 Å². The normalized spacial score (nSPS) is 11.0. The van der Waals surface area contributed by atoms with Crippen LogP contribution in [-0.4, -0.2) is 49.0 Å². The fourth-order valence-corrected chi connectivity index (χ4v) is 4.43. The van der Waals surface area contributed by atoms with Crippen molar-refractivity contribution in [1.29, 1.82) is 0 Å². The Bertz CT molecular complexity index is 1050. The number of anilines is 1. The van der Waals surface area contributed by atoms with Gasteiger partial charge in [0.2, 0.25) is 11.0 Å². The van der Waals surface area contributed by atoms with E-state index in [1.807, 2.05) is 31.4 Å². The lowest BCUT2D eigenvalue weighted by atomic mass is 10.1. The van der Waals surface area contributed by atoms with Gasteiger partial charge in [-0.05, 0) is 39.7 Å². The summed E-state index contributed by atoms with van der Waals surface area (Å²) in [6.45, 7) is 7.96. The molecule has 0 saturated carbocycles. The number of nitrogens with zero attached hydrogens (tertiary/aromatic N) is 5. The summed E-state index contributed by atoms with van der Waals surface area (Å²) in [6, 6.07) is 1.93. The van der Waals surface area contributed by atoms with Gasteiger partial charge in [0, 0.05) is 23.9 Å². The van der Waals surface area contributed by atoms with Crippen molar-refractivity contribution in [2.45, 2.75) is 44.9 Å². The molecule has 29 heavy (non-hydrogen) atoms. The average Bonchev–Trinajstić information content (AvgIpc) is 3.26. The number of hydrogen-bond donors (Lipinski definition) is 1. The lowest BCUT2D eigenvalue weighted by Crippen LogP contribution is -2.14. The van der Waals surface area contributed by atoms with Crippen molar-refractivity contribution in [3.8, 4) is 0 Å². The quantitative estimate of drug-likeness (QED) is 0.327.